The van der Waals surface area contributed by atoms with Crippen LogP contribution in [0.5, 0.6) is 0 Å². The Balaban J connectivity index is 2.83. The van der Waals surface area contributed by atoms with E-state index in [1.54, 1.807) is 13.0 Å². The van der Waals surface area contributed by atoms with E-state index in [-0.39, 0.29) is 24.0 Å². The van der Waals surface area contributed by atoms with Crippen LogP contribution in [0.1, 0.15) is 43.6 Å². The fourth-order valence-electron chi connectivity index (χ4n) is 2.88. The first-order valence-electron chi connectivity index (χ1n) is 9.23. The lowest BCUT2D eigenvalue weighted by Crippen LogP contribution is -2.42. The highest BCUT2D eigenvalue weighted by molar-refractivity contribution is 7.89. The van der Waals surface area contributed by atoms with Crippen LogP contribution < -0.4 is 10.0 Å². The van der Waals surface area contributed by atoms with Crippen molar-refractivity contribution >= 4 is 15.9 Å². The van der Waals surface area contributed by atoms with Crippen molar-refractivity contribution in [3.63, 3.8) is 0 Å². The molecule has 27 heavy (non-hydrogen) atoms. The summed E-state index contributed by atoms with van der Waals surface area (Å²) in [5.41, 5.74) is 1.10. The molecule has 0 radical (unpaired) electrons. The monoisotopic (exact) mass is 399 g/mol. The maximum atomic E-state index is 12.6. The standard InChI is InChI=1S/C19H33N3O4S/c1-14(2)22(15(3)4)11-9-20-19(23)18-13-17(8-7-16(18)5)27(24,25)21-10-12-26-6/h7-8,13-15,21H,9-12H2,1-6H3,(H,20,23). The van der Waals surface area contributed by atoms with Gasteiger partial charge in [-0.15, -0.1) is 0 Å². The third kappa shape index (κ3) is 7.21. The smallest absolute Gasteiger partial charge is 0.251 e. The summed E-state index contributed by atoms with van der Waals surface area (Å²) >= 11 is 0. The summed E-state index contributed by atoms with van der Waals surface area (Å²) in [5.74, 6) is -0.270. The van der Waals surface area contributed by atoms with Crippen LogP contribution in [0, 0.1) is 6.92 Å². The molecule has 0 aliphatic rings. The zero-order valence-electron chi connectivity index (χ0n) is 17.2. The van der Waals surface area contributed by atoms with E-state index < -0.39 is 10.0 Å². The number of hydrogen-bond donors (Lipinski definition) is 2. The maximum absolute atomic E-state index is 12.6. The van der Waals surface area contributed by atoms with Gasteiger partial charge in [0.25, 0.3) is 5.91 Å². The van der Waals surface area contributed by atoms with E-state index in [9.17, 15) is 13.2 Å². The van der Waals surface area contributed by atoms with Crippen molar-refractivity contribution in [1.29, 1.82) is 0 Å². The van der Waals surface area contributed by atoms with Crippen molar-refractivity contribution in [1.82, 2.24) is 14.9 Å². The van der Waals surface area contributed by atoms with Gasteiger partial charge in [-0.05, 0) is 52.3 Å². The number of benzene rings is 1. The van der Waals surface area contributed by atoms with Gasteiger partial charge in [0.2, 0.25) is 10.0 Å². The fourth-order valence-corrected chi connectivity index (χ4v) is 3.92. The second kappa shape index (κ2) is 10.8. The van der Waals surface area contributed by atoms with Gasteiger partial charge in [0.05, 0.1) is 11.5 Å². The first kappa shape index (κ1) is 23.6. The van der Waals surface area contributed by atoms with E-state index in [4.69, 9.17) is 4.74 Å². The Morgan fingerprint density at radius 2 is 1.78 bits per heavy atom. The molecule has 7 nitrogen and oxygen atoms in total. The molecule has 1 rings (SSSR count). The zero-order valence-corrected chi connectivity index (χ0v) is 18.0. The average molecular weight is 400 g/mol. The number of hydrogen-bond acceptors (Lipinski definition) is 5. The molecule has 0 heterocycles. The fraction of sp³-hybridized carbons (Fsp3) is 0.632. The number of methoxy groups -OCH3 is 1. The van der Waals surface area contributed by atoms with Gasteiger partial charge < -0.3 is 10.1 Å². The van der Waals surface area contributed by atoms with E-state index in [0.29, 0.717) is 24.2 Å². The summed E-state index contributed by atoms with van der Waals surface area (Å²) in [6, 6.07) is 5.34. The molecule has 154 valence electrons. The lowest BCUT2D eigenvalue weighted by molar-refractivity contribution is 0.0938. The molecule has 0 unspecified atom stereocenters. The molecule has 0 saturated carbocycles. The van der Waals surface area contributed by atoms with Crippen LogP contribution in [0.4, 0.5) is 0 Å². The van der Waals surface area contributed by atoms with Gasteiger partial charge in [-0.1, -0.05) is 6.07 Å². The van der Waals surface area contributed by atoms with Crippen LogP contribution >= 0.6 is 0 Å². The van der Waals surface area contributed by atoms with Gasteiger partial charge in [0.15, 0.2) is 0 Å². The van der Waals surface area contributed by atoms with Gasteiger partial charge in [0.1, 0.15) is 0 Å². The van der Waals surface area contributed by atoms with Gasteiger partial charge in [-0.25, -0.2) is 13.1 Å². The molecule has 0 atom stereocenters. The van der Waals surface area contributed by atoms with Crippen LogP contribution in [-0.2, 0) is 14.8 Å². The molecule has 1 aromatic rings. The van der Waals surface area contributed by atoms with Gasteiger partial charge in [-0.3, -0.25) is 9.69 Å². The van der Waals surface area contributed by atoms with Crippen LogP contribution in [-0.4, -0.2) is 64.7 Å². The Morgan fingerprint density at radius 3 is 2.33 bits per heavy atom. The molecule has 0 aromatic heterocycles. The lowest BCUT2D eigenvalue weighted by atomic mass is 10.1. The number of nitrogens with one attached hydrogen (secondary N) is 2. The van der Waals surface area contributed by atoms with Crippen molar-refractivity contribution in [3.05, 3.63) is 29.3 Å². The molecule has 0 aliphatic heterocycles. The second-order valence-electron chi connectivity index (χ2n) is 7.05. The Morgan fingerprint density at radius 1 is 1.15 bits per heavy atom. The number of ether oxygens (including phenoxy) is 1. The summed E-state index contributed by atoms with van der Waals surface area (Å²) in [4.78, 5) is 14.9. The summed E-state index contributed by atoms with van der Waals surface area (Å²) in [7, 11) is -2.18. The SMILES string of the molecule is COCCNS(=O)(=O)c1ccc(C)c(C(=O)NCCN(C(C)C)C(C)C)c1. The van der Waals surface area contributed by atoms with E-state index in [2.05, 4.69) is 42.6 Å². The van der Waals surface area contributed by atoms with Crippen molar-refractivity contribution in [2.75, 3.05) is 33.4 Å². The first-order chi connectivity index (χ1) is 12.6. The van der Waals surface area contributed by atoms with Gasteiger partial charge >= 0.3 is 0 Å². The predicted molar refractivity (Wildman–Crippen MR) is 108 cm³/mol. The zero-order chi connectivity index (χ0) is 20.6. The summed E-state index contributed by atoms with van der Waals surface area (Å²) in [6.45, 7) is 12.0. The van der Waals surface area contributed by atoms with Gasteiger partial charge in [0, 0.05) is 44.4 Å². The molecular weight excluding hydrogens is 366 g/mol. The van der Waals surface area contributed by atoms with Crippen molar-refractivity contribution in [3.8, 4) is 0 Å². The number of aryl methyl sites for hydroxylation is 1. The quantitative estimate of drug-likeness (QED) is 0.554. The Hall–Kier alpha value is -1.48. The van der Waals surface area contributed by atoms with Crippen molar-refractivity contribution in [2.24, 2.45) is 0 Å². The van der Waals surface area contributed by atoms with Crippen molar-refractivity contribution in [2.45, 2.75) is 51.6 Å². The van der Waals surface area contributed by atoms with Crippen LogP contribution in [0.25, 0.3) is 0 Å². The lowest BCUT2D eigenvalue weighted by Gasteiger charge is -2.30. The largest absolute Gasteiger partial charge is 0.383 e. The number of amides is 1. The minimum Gasteiger partial charge on any atom is -0.383 e. The van der Waals surface area contributed by atoms with Crippen LogP contribution in [0.15, 0.2) is 23.1 Å². The number of sulfonamides is 1. The predicted octanol–water partition coefficient (Wildman–Crippen LogP) is 1.77. The second-order valence-corrected chi connectivity index (χ2v) is 8.82. The third-order valence-electron chi connectivity index (χ3n) is 4.34. The molecule has 0 spiro atoms. The molecule has 1 amide bonds. The molecule has 0 saturated heterocycles. The minimum absolute atomic E-state index is 0.0698. The van der Waals surface area contributed by atoms with Crippen molar-refractivity contribution < 1.29 is 17.9 Å². The average Bonchev–Trinajstić information content (AvgIpc) is 2.58. The van der Waals surface area contributed by atoms with E-state index in [1.165, 1.54) is 19.2 Å². The van der Waals surface area contributed by atoms with E-state index >= 15 is 0 Å². The molecule has 0 aliphatic carbocycles. The highest BCUT2D eigenvalue weighted by Gasteiger charge is 2.18. The highest BCUT2D eigenvalue weighted by Crippen LogP contribution is 2.15. The minimum atomic E-state index is -3.68. The summed E-state index contributed by atoms with van der Waals surface area (Å²) < 4.78 is 32.0. The van der Waals surface area contributed by atoms with E-state index in [0.717, 1.165) is 12.1 Å². The Kier molecular flexibility index (Phi) is 9.38. The molecule has 1 aromatic carbocycles. The number of rotatable bonds is 11. The topological polar surface area (TPSA) is 87.7 Å². The molecule has 8 heteroatoms. The Labute approximate surface area is 163 Å². The van der Waals surface area contributed by atoms with Gasteiger partial charge in [-0.2, -0.15) is 0 Å². The molecule has 0 bridgehead atoms. The Bertz CT molecular complexity index is 710. The summed E-state index contributed by atoms with van der Waals surface area (Å²) in [6.07, 6.45) is 0. The summed E-state index contributed by atoms with van der Waals surface area (Å²) in [5, 5.41) is 2.90. The highest BCUT2D eigenvalue weighted by atomic mass is 32.2. The maximum Gasteiger partial charge on any atom is 0.251 e. The molecule has 2 N–H and O–H groups in total. The normalized spacial score (nSPS) is 12.2. The van der Waals surface area contributed by atoms with E-state index in [1.807, 2.05) is 0 Å². The van der Waals surface area contributed by atoms with Crippen LogP contribution in [0.3, 0.4) is 0 Å². The number of carbonyl (C=O) groups is 1. The molecular formula is C19H33N3O4S. The third-order valence-corrected chi connectivity index (χ3v) is 5.80. The van der Waals surface area contributed by atoms with Crippen LogP contribution in [0.2, 0.25) is 0 Å². The number of nitrogens with zero attached hydrogens (tertiary/aromatic N) is 1. The number of carbonyl (C=O) groups excluding carboxylic acids is 1. The molecule has 0 fully saturated rings. The first-order valence-corrected chi connectivity index (χ1v) is 10.7.